The first-order chi connectivity index (χ1) is 7.75. The van der Waals surface area contributed by atoms with Crippen LogP contribution < -0.4 is 5.32 Å². The molecule has 86 valence electrons. The Morgan fingerprint density at radius 3 is 2.88 bits per heavy atom. The Labute approximate surface area is 95.0 Å². The molecule has 4 nitrogen and oxygen atoms in total. The molecule has 1 unspecified atom stereocenters. The molecule has 1 aliphatic carbocycles. The number of hydrogen-bond acceptors (Lipinski definition) is 3. The van der Waals surface area contributed by atoms with E-state index in [0.717, 1.165) is 5.69 Å². The molecule has 0 saturated heterocycles. The maximum absolute atomic E-state index is 11.7. The van der Waals surface area contributed by atoms with Gasteiger partial charge in [0, 0.05) is 18.1 Å². The SMILES string of the molecule is CC(OCC1CC1)C(=O)Nc1ccncc1. The normalized spacial score (nSPS) is 16.8. The van der Waals surface area contributed by atoms with Gasteiger partial charge in [0.15, 0.2) is 0 Å². The van der Waals surface area contributed by atoms with Gasteiger partial charge in [-0.15, -0.1) is 0 Å². The summed E-state index contributed by atoms with van der Waals surface area (Å²) in [6.45, 7) is 2.48. The molecule has 16 heavy (non-hydrogen) atoms. The Morgan fingerprint density at radius 2 is 2.25 bits per heavy atom. The number of carbonyl (C=O) groups excluding carboxylic acids is 1. The summed E-state index contributed by atoms with van der Waals surface area (Å²) < 4.78 is 5.47. The van der Waals surface area contributed by atoms with E-state index in [4.69, 9.17) is 4.74 Å². The van der Waals surface area contributed by atoms with Crippen LogP contribution in [0.15, 0.2) is 24.5 Å². The third kappa shape index (κ3) is 3.31. The number of aromatic nitrogens is 1. The third-order valence-corrected chi connectivity index (χ3v) is 2.60. The highest BCUT2D eigenvalue weighted by Crippen LogP contribution is 2.29. The Morgan fingerprint density at radius 1 is 1.56 bits per heavy atom. The van der Waals surface area contributed by atoms with Gasteiger partial charge in [-0.05, 0) is 37.8 Å². The number of nitrogens with zero attached hydrogens (tertiary/aromatic N) is 1. The maximum atomic E-state index is 11.7. The molecular formula is C12H16N2O2. The molecule has 1 saturated carbocycles. The first kappa shape index (κ1) is 11.1. The minimum absolute atomic E-state index is 0.105. The van der Waals surface area contributed by atoms with Crippen molar-refractivity contribution in [1.29, 1.82) is 0 Å². The quantitative estimate of drug-likeness (QED) is 0.823. The van der Waals surface area contributed by atoms with Crippen molar-refractivity contribution in [3.05, 3.63) is 24.5 Å². The van der Waals surface area contributed by atoms with Crippen LogP contribution >= 0.6 is 0 Å². The van der Waals surface area contributed by atoms with Gasteiger partial charge in [0.1, 0.15) is 6.10 Å². The molecule has 0 aliphatic heterocycles. The fourth-order valence-corrected chi connectivity index (χ4v) is 1.32. The van der Waals surface area contributed by atoms with Crippen LogP contribution in [0.2, 0.25) is 0 Å². The van der Waals surface area contributed by atoms with Crippen LogP contribution in [0.5, 0.6) is 0 Å². The fourth-order valence-electron chi connectivity index (χ4n) is 1.32. The lowest BCUT2D eigenvalue weighted by atomic mass is 10.3. The monoisotopic (exact) mass is 220 g/mol. The van der Waals surface area contributed by atoms with Crippen LogP contribution in [0.3, 0.4) is 0 Å². The van der Waals surface area contributed by atoms with Crippen molar-refractivity contribution in [3.8, 4) is 0 Å². The molecule has 1 heterocycles. The lowest BCUT2D eigenvalue weighted by Gasteiger charge is -2.12. The zero-order valence-corrected chi connectivity index (χ0v) is 9.35. The van der Waals surface area contributed by atoms with Gasteiger partial charge in [0.2, 0.25) is 0 Å². The largest absolute Gasteiger partial charge is 0.368 e. The van der Waals surface area contributed by atoms with Crippen molar-refractivity contribution >= 4 is 11.6 Å². The zero-order chi connectivity index (χ0) is 11.4. The van der Waals surface area contributed by atoms with Crippen molar-refractivity contribution in [1.82, 2.24) is 4.98 Å². The van der Waals surface area contributed by atoms with Gasteiger partial charge in [-0.1, -0.05) is 0 Å². The van der Waals surface area contributed by atoms with Gasteiger partial charge in [0.25, 0.3) is 5.91 Å². The van der Waals surface area contributed by atoms with Gasteiger partial charge >= 0.3 is 0 Å². The summed E-state index contributed by atoms with van der Waals surface area (Å²) in [4.78, 5) is 15.6. The average Bonchev–Trinajstić information content (AvgIpc) is 3.11. The van der Waals surface area contributed by atoms with Crippen molar-refractivity contribution < 1.29 is 9.53 Å². The van der Waals surface area contributed by atoms with Gasteiger partial charge in [-0.3, -0.25) is 9.78 Å². The Balaban J connectivity index is 1.77. The minimum atomic E-state index is -0.395. The fraction of sp³-hybridized carbons (Fsp3) is 0.500. The smallest absolute Gasteiger partial charge is 0.253 e. The van der Waals surface area contributed by atoms with E-state index < -0.39 is 6.10 Å². The maximum Gasteiger partial charge on any atom is 0.253 e. The van der Waals surface area contributed by atoms with E-state index in [-0.39, 0.29) is 5.91 Å². The lowest BCUT2D eigenvalue weighted by Crippen LogP contribution is -2.28. The number of nitrogens with one attached hydrogen (secondary N) is 1. The summed E-state index contributed by atoms with van der Waals surface area (Å²) in [6.07, 6.45) is 5.36. The van der Waals surface area contributed by atoms with E-state index >= 15 is 0 Å². The molecule has 1 amide bonds. The number of ether oxygens (including phenoxy) is 1. The summed E-state index contributed by atoms with van der Waals surface area (Å²) in [5, 5.41) is 2.78. The number of pyridine rings is 1. The molecule has 0 aromatic carbocycles. The summed E-state index contributed by atoms with van der Waals surface area (Å²) in [7, 11) is 0. The highest BCUT2D eigenvalue weighted by molar-refractivity contribution is 5.93. The number of rotatable bonds is 5. The molecule has 1 aliphatic rings. The van der Waals surface area contributed by atoms with Crippen molar-refractivity contribution in [3.63, 3.8) is 0 Å². The third-order valence-electron chi connectivity index (χ3n) is 2.60. The van der Waals surface area contributed by atoms with E-state index in [1.54, 1.807) is 31.5 Å². The summed E-state index contributed by atoms with van der Waals surface area (Å²) in [5.74, 6) is 0.572. The molecule has 1 aromatic rings. The van der Waals surface area contributed by atoms with Crippen LogP contribution in [0, 0.1) is 5.92 Å². The summed E-state index contributed by atoms with van der Waals surface area (Å²) in [5.41, 5.74) is 0.752. The van der Waals surface area contributed by atoms with E-state index in [9.17, 15) is 4.79 Å². The van der Waals surface area contributed by atoms with Crippen LogP contribution in [0.1, 0.15) is 19.8 Å². The van der Waals surface area contributed by atoms with Crippen molar-refractivity contribution in [2.75, 3.05) is 11.9 Å². The first-order valence-corrected chi connectivity index (χ1v) is 5.58. The van der Waals surface area contributed by atoms with E-state index in [1.807, 2.05) is 0 Å². The predicted octanol–water partition coefficient (Wildman–Crippen LogP) is 1.84. The molecule has 0 radical (unpaired) electrons. The lowest BCUT2D eigenvalue weighted by molar-refractivity contribution is -0.126. The van der Waals surface area contributed by atoms with Gasteiger partial charge in [-0.25, -0.2) is 0 Å². The molecule has 4 heteroatoms. The number of amides is 1. The molecule has 1 N–H and O–H groups in total. The molecule has 2 rings (SSSR count). The van der Waals surface area contributed by atoms with Crippen LogP contribution in [-0.2, 0) is 9.53 Å². The van der Waals surface area contributed by atoms with Crippen LogP contribution in [0.25, 0.3) is 0 Å². The average molecular weight is 220 g/mol. The zero-order valence-electron chi connectivity index (χ0n) is 9.35. The van der Waals surface area contributed by atoms with Gasteiger partial charge < -0.3 is 10.1 Å². The summed E-state index contributed by atoms with van der Waals surface area (Å²) in [6, 6.07) is 3.51. The number of hydrogen-bond donors (Lipinski definition) is 1. The topological polar surface area (TPSA) is 51.2 Å². The highest BCUT2D eigenvalue weighted by Gasteiger charge is 2.23. The van der Waals surface area contributed by atoms with Gasteiger partial charge in [0.05, 0.1) is 6.61 Å². The minimum Gasteiger partial charge on any atom is -0.368 e. The Hall–Kier alpha value is -1.42. The molecule has 1 aromatic heterocycles. The van der Waals surface area contributed by atoms with Crippen molar-refractivity contribution in [2.24, 2.45) is 5.92 Å². The highest BCUT2D eigenvalue weighted by atomic mass is 16.5. The van der Waals surface area contributed by atoms with Crippen LogP contribution in [0.4, 0.5) is 5.69 Å². The Bertz CT molecular complexity index is 349. The van der Waals surface area contributed by atoms with Crippen LogP contribution in [-0.4, -0.2) is 23.6 Å². The molecular weight excluding hydrogens is 204 g/mol. The second-order valence-electron chi connectivity index (χ2n) is 4.14. The standard InChI is InChI=1S/C12H16N2O2/c1-9(16-8-10-2-3-10)12(15)14-11-4-6-13-7-5-11/h4-7,9-10H,2-3,8H2,1H3,(H,13,14,15). The van der Waals surface area contributed by atoms with E-state index in [0.29, 0.717) is 12.5 Å². The van der Waals surface area contributed by atoms with Gasteiger partial charge in [-0.2, -0.15) is 0 Å². The first-order valence-electron chi connectivity index (χ1n) is 5.58. The molecule has 0 spiro atoms. The van der Waals surface area contributed by atoms with E-state index in [1.165, 1.54) is 12.8 Å². The Kier molecular flexibility index (Phi) is 3.51. The number of anilines is 1. The van der Waals surface area contributed by atoms with Crippen molar-refractivity contribution in [2.45, 2.75) is 25.9 Å². The predicted molar refractivity (Wildman–Crippen MR) is 61.0 cm³/mol. The summed E-state index contributed by atoms with van der Waals surface area (Å²) >= 11 is 0. The molecule has 1 fully saturated rings. The van der Waals surface area contributed by atoms with E-state index in [2.05, 4.69) is 10.3 Å². The number of carbonyl (C=O) groups is 1. The second kappa shape index (κ2) is 5.07. The second-order valence-corrected chi connectivity index (χ2v) is 4.14. The molecule has 1 atom stereocenters. The molecule has 0 bridgehead atoms.